The number of hydrogen-bond donors (Lipinski definition) is 1. The van der Waals surface area contributed by atoms with E-state index in [0.29, 0.717) is 17.9 Å². The van der Waals surface area contributed by atoms with Gasteiger partial charge in [-0.05, 0) is 37.0 Å². The highest BCUT2D eigenvalue weighted by molar-refractivity contribution is 5.84. The maximum Gasteiger partial charge on any atom is 0.250 e. The standard InChI is InChI=1S/C21H30N2O3/c1-2-3-4-8-14-26-19-13-9-10-17(15-19)20(22-16-24)21(25)23-18-11-6-5-7-12-18/h9-10,13,15,18,20H,2-8,11-12,14H2,1H3,(H,23,25). The summed E-state index contributed by atoms with van der Waals surface area (Å²) in [5, 5.41) is 3.04. The van der Waals surface area contributed by atoms with E-state index < -0.39 is 6.04 Å². The van der Waals surface area contributed by atoms with Crippen LogP contribution in [0.15, 0.2) is 29.3 Å². The number of hydrogen-bond acceptors (Lipinski definition) is 4. The number of nitrogens with zero attached hydrogens (tertiary/aromatic N) is 1. The number of benzene rings is 1. The summed E-state index contributed by atoms with van der Waals surface area (Å²) in [4.78, 5) is 27.2. The Morgan fingerprint density at radius 3 is 2.81 bits per heavy atom. The molecule has 0 radical (unpaired) electrons. The number of carbonyl (C=O) groups is 1. The van der Waals surface area contributed by atoms with E-state index in [1.807, 2.05) is 12.1 Å². The molecule has 26 heavy (non-hydrogen) atoms. The lowest BCUT2D eigenvalue weighted by atomic mass is 9.95. The molecule has 1 N–H and O–H groups in total. The molecule has 1 fully saturated rings. The fraction of sp³-hybridized carbons (Fsp3) is 0.619. The molecule has 0 aromatic heterocycles. The van der Waals surface area contributed by atoms with Crippen LogP contribution >= 0.6 is 0 Å². The van der Waals surface area contributed by atoms with Gasteiger partial charge in [0.1, 0.15) is 5.75 Å². The van der Waals surface area contributed by atoms with Gasteiger partial charge in [-0.1, -0.05) is 57.6 Å². The van der Waals surface area contributed by atoms with Gasteiger partial charge in [-0.2, -0.15) is 4.99 Å². The minimum absolute atomic E-state index is 0.179. The lowest BCUT2D eigenvalue weighted by molar-refractivity contribution is -0.123. The third kappa shape index (κ3) is 6.64. The third-order valence-corrected chi connectivity index (χ3v) is 4.82. The van der Waals surface area contributed by atoms with Crippen molar-refractivity contribution in [2.75, 3.05) is 6.61 Å². The summed E-state index contributed by atoms with van der Waals surface area (Å²) in [5.41, 5.74) is 0.660. The molecule has 0 heterocycles. The molecule has 1 aromatic carbocycles. The first-order valence-corrected chi connectivity index (χ1v) is 9.84. The molecular weight excluding hydrogens is 328 g/mol. The number of rotatable bonds is 10. The van der Waals surface area contributed by atoms with E-state index in [0.717, 1.165) is 38.5 Å². The van der Waals surface area contributed by atoms with Gasteiger partial charge in [-0.25, -0.2) is 4.79 Å². The SMILES string of the molecule is CCCCCCOc1cccc(C(N=C=O)C(=O)NC2CCCCC2)c1. The Kier molecular flexibility index (Phi) is 8.91. The molecule has 5 nitrogen and oxygen atoms in total. The highest BCUT2D eigenvalue weighted by Gasteiger charge is 2.24. The van der Waals surface area contributed by atoms with Crippen molar-refractivity contribution < 1.29 is 14.3 Å². The molecule has 0 aliphatic heterocycles. The zero-order chi connectivity index (χ0) is 18.6. The van der Waals surface area contributed by atoms with E-state index in [-0.39, 0.29) is 11.9 Å². The Bertz CT molecular complexity index is 605. The molecule has 0 bridgehead atoms. The third-order valence-electron chi connectivity index (χ3n) is 4.82. The van der Waals surface area contributed by atoms with Crippen LogP contribution in [-0.4, -0.2) is 24.6 Å². The minimum atomic E-state index is -0.863. The predicted molar refractivity (Wildman–Crippen MR) is 102 cm³/mol. The first kappa shape index (κ1) is 20.2. The molecular formula is C21H30N2O3. The summed E-state index contributed by atoms with van der Waals surface area (Å²) in [6, 6.07) is 6.61. The van der Waals surface area contributed by atoms with Crippen molar-refractivity contribution in [3.05, 3.63) is 29.8 Å². The second-order valence-electron chi connectivity index (χ2n) is 6.95. The maximum absolute atomic E-state index is 12.6. The number of unbranched alkanes of at least 4 members (excludes halogenated alkanes) is 3. The van der Waals surface area contributed by atoms with Crippen LogP contribution in [0, 0.1) is 0 Å². The second-order valence-corrected chi connectivity index (χ2v) is 6.95. The number of aliphatic imine (C=N–C) groups is 1. The van der Waals surface area contributed by atoms with Crippen molar-refractivity contribution in [2.45, 2.75) is 76.8 Å². The van der Waals surface area contributed by atoms with Crippen LogP contribution in [0.5, 0.6) is 5.75 Å². The number of amides is 1. The quantitative estimate of drug-likeness (QED) is 0.381. The Morgan fingerprint density at radius 1 is 1.27 bits per heavy atom. The molecule has 2 rings (SSSR count). The van der Waals surface area contributed by atoms with Gasteiger partial charge in [0.15, 0.2) is 6.04 Å². The van der Waals surface area contributed by atoms with Crippen molar-refractivity contribution in [1.82, 2.24) is 5.32 Å². The van der Waals surface area contributed by atoms with Gasteiger partial charge in [-0.15, -0.1) is 0 Å². The topological polar surface area (TPSA) is 67.8 Å². The van der Waals surface area contributed by atoms with Crippen molar-refractivity contribution in [2.24, 2.45) is 4.99 Å². The summed E-state index contributed by atoms with van der Waals surface area (Å²) >= 11 is 0. The van der Waals surface area contributed by atoms with Crippen molar-refractivity contribution in [3.8, 4) is 5.75 Å². The molecule has 1 amide bonds. The summed E-state index contributed by atoms with van der Waals surface area (Å²) in [6.45, 7) is 2.83. The van der Waals surface area contributed by atoms with Crippen LogP contribution in [0.25, 0.3) is 0 Å². The largest absolute Gasteiger partial charge is 0.494 e. The molecule has 0 saturated heterocycles. The summed E-state index contributed by atoms with van der Waals surface area (Å²) in [5.74, 6) is 0.468. The molecule has 1 aromatic rings. The van der Waals surface area contributed by atoms with E-state index in [1.54, 1.807) is 18.2 Å². The number of isocyanates is 1. The maximum atomic E-state index is 12.6. The number of carbonyl (C=O) groups excluding carboxylic acids is 2. The molecule has 1 unspecified atom stereocenters. The summed E-state index contributed by atoms with van der Waals surface area (Å²) in [7, 11) is 0. The summed E-state index contributed by atoms with van der Waals surface area (Å²) in [6.07, 6.45) is 11.6. The van der Waals surface area contributed by atoms with Crippen LogP contribution in [0.4, 0.5) is 0 Å². The average Bonchev–Trinajstić information content (AvgIpc) is 2.67. The smallest absolute Gasteiger partial charge is 0.250 e. The van der Waals surface area contributed by atoms with Crippen LogP contribution in [0.1, 0.15) is 76.3 Å². The van der Waals surface area contributed by atoms with Crippen molar-refractivity contribution in [3.63, 3.8) is 0 Å². The van der Waals surface area contributed by atoms with Crippen molar-refractivity contribution >= 4 is 12.0 Å². The average molecular weight is 358 g/mol. The van der Waals surface area contributed by atoms with E-state index in [2.05, 4.69) is 17.2 Å². The molecule has 1 aliphatic rings. The van der Waals surface area contributed by atoms with E-state index >= 15 is 0 Å². The van der Waals surface area contributed by atoms with Crippen LogP contribution in [0.2, 0.25) is 0 Å². The van der Waals surface area contributed by atoms with Gasteiger partial charge in [-0.3, -0.25) is 4.79 Å². The number of ether oxygens (including phenoxy) is 1. The van der Waals surface area contributed by atoms with E-state index in [1.165, 1.54) is 19.3 Å². The Labute approximate surface area is 156 Å². The lowest BCUT2D eigenvalue weighted by Crippen LogP contribution is -2.38. The highest BCUT2D eigenvalue weighted by Crippen LogP contribution is 2.24. The fourth-order valence-electron chi connectivity index (χ4n) is 3.36. The highest BCUT2D eigenvalue weighted by atomic mass is 16.5. The first-order valence-electron chi connectivity index (χ1n) is 9.84. The van der Waals surface area contributed by atoms with Gasteiger partial charge >= 0.3 is 0 Å². The Balaban J connectivity index is 1.98. The first-order chi connectivity index (χ1) is 12.7. The zero-order valence-electron chi connectivity index (χ0n) is 15.7. The van der Waals surface area contributed by atoms with Crippen LogP contribution in [-0.2, 0) is 9.59 Å². The molecule has 142 valence electrons. The molecule has 1 aliphatic carbocycles. The van der Waals surface area contributed by atoms with Gasteiger partial charge in [0.2, 0.25) is 6.08 Å². The van der Waals surface area contributed by atoms with Gasteiger partial charge in [0, 0.05) is 6.04 Å². The lowest BCUT2D eigenvalue weighted by Gasteiger charge is -2.24. The van der Waals surface area contributed by atoms with Gasteiger partial charge in [0.05, 0.1) is 6.61 Å². The normalized spacial score (nSPS) is 15.7. The Morgan fingerprint density at radius 2 is 2.08 bits per heavy atom. The zero-order valence-corrected chi connectivity index (χ0v) is 15.7. The van der Waals surface area contributed by atoms with Gasteiger partial charge in [0.25, 0.3) is 5.91 Å². The molecule has 0 spiro atoms. The Hall–Kier alpha value is -2.13. The second kappa shape index (κ2) is 11.5. The molecule has 1 saturated carbocycles. The van der Waals surface area contributed by atoms with E-state index in [9.17, 15) is 9.59 Å². The summed E-state index contributed by atoms with van der Waals surface area (Å²) < 4.78 is 5.78. The van der Waals surface area contributed by atoms with Crippen molar-refractivity contribution in [1.29, 1.82) is 0 Å². The van der Waals surface area contributed by atoms with Crippen LogP contribution in [0.3, 0.4) is 0 Å². The monoisotopic (exact) mass is 358 g/mol. The molecule has 1 atom stereocenters. The fourth-order valence-corrected chi connectivity index (χ4v) is 3.36. The predicted octanol–water partition coefficient (Wildman–Crippen LogP) is 4.47. The van der Waals surface area contributed by atoms with E-state index in [4.69, 9.17) is 4.74 Å². The van der Waals surface area contributed by atoms with Gasteiger partial charge < -0.3 is 10.1 Å². The minimum Gasteiger partial charge on any atom is -0.494 e. The van der Waals surface area contributed by atoms with Crippen LogP contribution < -0.4 is 10.1 Å². The molecule has 5 heteroatoms. The number of nitrogens with one attached hydrogen (secondary N) is 1.